The van der Waals surface area contributed by atoms with Gasteiger partial charge < -0.3 is 14.8 Å². The summed E-state index contributed by atoms with van der Waals surface area (Å²) in [6, 6.07) is 5.23. The second-order valence-electron chi connectivity index (χ2n) is 6.10. The molecule has 24 heavy (non-hydrogen) atoms. The van der Waals surface area contributed by atoms with E-state index in [1.165, 1.54) is 0 Å². The summed E-state index contributed by atoms with van der Waals surface area (Å²) >= 11 is 0. The van der Waals surface area contributed by atoms with E-state index in [4.69, 9.17) is 9.47 Å². The maximum Gasteiger partial charge on any atom is 0.251 e. The van der Waals surface area contributed by atoms with Crippen LogP contribution in [0.15, 0.2) is 24.4 Å². The molecule has 4 rings (SSSR count). The van der Waals surface area contributed by atoms with Gasteiger partial charge in [0.15, 0.2) is 11.5 Å². The van der Waals surface area contributed by atoms with Crippen molar-refractivity contribution in [1.29, 1.82) is 0 Å². The topological polar surface area (TPSA) is 73.3 Å². The Morgan fingerprint density at radius 1 is 1.25 bits per heavy atom. The van der Waals surface area contributed by atoms with Crippen LogP contribution in [0.2, 0.25) is 0 Å². The highest BCUT2D eigenvalue weighted by Crippen LogP contribution is 2.32. The molecule has 1 unspecified atom stereocenters. The first-order chi connectivity index (χ1) is 11.7. The van der Waals surface area contributed by atoms with Gasteiger partial charge in [-0.05, 0) is 44.4 Å². The van der Waals surface area contributed by atoms with Crippen LogP contribution >= 0.6 is 0 Å². The molecule has 0 saturated heterocycles. The second-order valence-corrected chi connectivity index (χ2v) is 6.10. The first-order valence-electron chi connectivity index (χ1n) is 8.23. The van der Waals surface area contributed by atoms with Gasteiger partial charge in [0.1, 0.15) is 19.0 Å². The lowest BCUT2D eigenvalue weighted by Gasteiger charge is -2.25. The van der Waals surface area contributed by atoms with Crippen LogP contribution in [0.4, 0.5) is 0 Å². The Balaban J connectivity index is 1.55. The van der Waals surface area contributed by atoms with Crippen molar-refractivity contribution in [2.75, 3.05) is 13.2 Å². The van der Waals surface area contributed by atoms with Crippen LogP contribution in [-0.4, -0.2) is 29.1 Å². The molecule has 0 radical (unpaired) electrons. The van der Waals surface area contributed by atoms with E-state index in [9.17, 15) is 4.79 Å². The number of carbonyl (C=O) groups is 1. The van der Waals surface area contributed by atoms with Crippen LogP contribution in [0, 0.1) is 6.92 Å². The Hall–Kier alpha value is -2.63. The Bertz CT molecular complexity index is 791. The lowest BCUT2D eigenvalue weighted by atomic mass is 9.92. The maximum atomic E-state index is 12.6. The van der Waals surface area contributed by atoms with E-state index in [1.807, 2.05) is 13.1 Å². The maximum absolute atomic E-state index is 12.6. The number of aryl methyl sites for hydroxylation is 2. The molecule has 1 aromatic heterocycles. The van der Waals surface area contributed by atoms with Crippen molar-refractivity contribution >= 4 is 5.91 Å². The number of ether oxygens (including phenoxy) is 2. The molecular weight excluding hydrogens is 306 g/mol. The van der Waals surface area contributed by atoms with Gasteiger partial charge in [0, 0.05) is 23.0 Å². The van der Waals surface area contributed by atoms with Gasteiger partial charge >= 0.3 is 0 Å². The van der Waals surface area contributed by atoms with Crippen LogP contribution in [0.5, 0.6) is 11.5 Å². The average molecular weight is 325 g/mol. The molecule has 1 N–H and O–H groups in total. The van der Waals surface area contributed by atoms with E-state index >= 15 is 0 Å². The molecule has 1 atom stereocenters. The van der Waals surface area contributed by atoms with Crippen molar-refractivity contribution in [1.82, 2.24) is 15.3 Å². The molecular formula is C18H19N3O3. The fourth-order valence-electron chi connectivity index (χ4n) is 3.22. The summed E-state index contributed by atoms with van der Waals surface area (Å²) in [6.45, 7) is 2.93. The normalized spacial score (nSPS) is 18.6. The molecule has 0 spiro atoms. The number of hydrogen-bond acceptors (Lipinski definition) is 5. The number of nitrogens with zero attached hydrogens (tertiary/aromatic N) is 2. The monoisotopic (exact) mass is 325 g/mol. The van der Waals surface area contributed by atoms with Crippen LogP contribution in [0.1, 0.15) is 46.3 Å². The number of aromatic nitrogens is 2. The predicted octanol–water partition coefficient (Wildman–Crippen LogP) is 2.36. The van der Waals surface area contributed by atoms with E-state index in [1.54, 1.807) is 18.2 Å². The Kier molecular flexibility index (Phi) is 3.80. The van der Waals surface area contributed by atoms with E-state index in [-0.39, 0.29) is 11.9 Å². The third-order valence-electron chi connectivity index (χ3n) is 4.41. The highest BCUT2D eigenvalue weighted by molar-refractivity contribution is 5.95. The highest BCUT2D eigenvalue weighted by atomic mass is 16.6. The third kappa shape index (κ3) is 2.79. The molecule has 2 heterocycles. The van der Waals surface area contributed by atoms with Gasteiger partial charge in [-0.15, -0.1) is 0 Å². The molecule has 1 aliphatic carbocycles. The summed E-state index contributed by atoms with van der Waals surface area (Å²) in [6.07, 6.45) is 4.69. The zero-order valence-corrected chi connectivity index (χ0v) is 13.5. The number of carbonyl (C=O) groups excluding carboxylic acids is 1. The van der Waals surface area contributed by atoms with Gasteiger partial charge in [-0.25, -0.2) is 9.97 Å². The van der Waals surface area contributed by atoms with Crippen molar-refractivity contribution in [2.45, 2.75) is 32.2 Å². The van der Waals surface area contributed by atoms with E-state index in [2.05, 4.69) is 15.3 Å². The minimum absolute atomic E-state index is 0.0462. The van der Waals surface area contributed by atoms with Crippen LogP contribution in [-0.2, 0) is 6.42 Å². The molecule has 2 aliphatic rings. The zero-order chi connectivity index (χ0) is 16.5. The highest BCUT2D eigenvalue weighted by Gasteiger charge is 2.24. The summed E-state index contributed by atoms with van der Waals surface area (Å²) < 4.78 is 11.0. The number of benzene rings is 1. The van der Waals surface area contributed by atoms with Gasteiger partial charge in [-0.2, -0.15) is 0 Å². The van der Waals surface area contributed by atoms with E-state index in [0.29, 0.717) is 30.3 Å². The lowest BCUT2D eigenvalue weighted by Crippen LogP contribution is -2.31. The third-order valence-corrected chi connectivity index (χ3v) is 4.41. The molecule has 0 bridgehead atoms. The average Bonchev–Trinajstić information content (AvgIpc) is 2.61. The summed E-state index contributed by atoms with van der Waals surface area (Å²) in [4.78, 5) is 21.4. The van der Waals surface area contributed by atoms with Crippen LogP contribution in [0.3, 0.4) is 0 Å². The molecule has 124 valence electrons. The molecule has 1 amide bonds. The number of nitrogens with one attached hydrogen (secondary N) is 1. The van der Waals surface area contributed by atoms with Gasteiger partial charge in [0.2, 0.25) is 0 Å². The minimum atomic E-state index is -0.120. The Morgan fingerprint density at radius 2 is 2.08 bits per heavy atom. The van der Waals surface area contributed by atoms with Crippen molar-refractivity contribution < 1.29 is 14.3 Å². The standard InChI is InChI=1S/C18H19N3O3/c1-11-19-10-13-14(20-11)3-2-4-15(13)21-18(22)12-5-6-16-17(9-12)24-8-7-23-16/h5-6,9-10,15H,2-4,7-8H2,1H3,(H,21,22). The van der Waals surface area contributed by atoms with Crippen LogP contribution < -0.4 is 14.8 Å². The molecule has 1 aliphatic heterocycles. The number of fused-ring (bicyclic) bond motifs is 2. The molecule has 0 fully saturated rings. The van der Waals surface area contributed by atoms with Gasteiger partial charge in [0.05, 0.1) is 6.04 Å². The van der Waals surface area contributed by atoms with Crippen molar-refractivity contribution in [3.8, 4) is 11.5 Å². The molecule has 0 saturated carbocycles. The first kappa shape index (κ1) is 14.9. The van der Waals surface area contributed by atoms with Crippen molar-refractivity contribution in [3.05, 3.63) is 47.0 Å². The largest absolute Gasteiger partial charge is 0.486 e. The summed E-state index contributed by atoms with van der Waals surface area (Å²) in [5.41, 5.74) is 2.64. The van der Waals surface area contributed by atoms with Crippen molar-refractivity contribution in [2.24, 2.45) is 0 Å². The second kappa shape index (κ2) is 6.11. The fourth-order valence-corrected chi connectivity index (χ4v) is 3.22. The zero-order valence-electron chi connectivity index (χ0n) is 13.5. The number of rotatable bonds is 2. The molecule has 6 nitrogen and oxygen atoms in total. The summed E-state index contributed by atoms with van der Waals surface area (Å²) in [7, 11) is 0. The fraction of sp³-hybridized carbons (Fsp3) is 0.389. The first-order valence-corrected chi connectivity index (χ1v) is 8.23. The molecule has 1 aromatic carbocycles. The minimum Gasteiger partial charge on any atom is -0.486 e. The summed E-state index contributed by atoms with van der Waals surface area (Å²) in [5.74, 6) is 1.96. The molecule has 2 aromatic rings. The SMILES string of the molecule is Cc1ncc2c(n1)CCCC2NC(=O)c1ccc2c(c1)OCCO2. The smallest absolute Gasteiger partial charge is 0.251 e. The lowest BCUT2D eigenvalue weighted by molar-refractivity contribution is 0.0931. The van der Waals surface area contributed by atoms with Gasteiger partial charge in [0.25, 0.3) is 5.91 Å². The van der Waals surface area contributed by atoms with E-state index < -0.39 is 0 Å². The quantitative estimate of drug-likeness (QED) is 0.917. The van der Waals surface area contributed by atoms with Crippen molar-refractivity contribution in [3.63, 3.8) is 0 Å². The van der Waals surface area contributed by atoms with Gasteiger partial charge in [-0.1, -0.05) is 0 Å². The Labute approximate surface area is 140 Å². The predicted molar refractivity (Wildman–Crippen MR) is 87.3 cm³/mol. The Morgan fingerprint density at radius 3 is 2.96 bits per heavy atom. The molecule has 6 heteroatoms. The summed E-state index contributed by atoms with van der Waals surface area (Å²) in [5, 5.41) is 3.10. The van der Waals surface area contributed by atoms with E-state index in [0.717, 1.165) is 36.3 Å². The van der Waals surface area contributed by atoms with Crippen LogP contribution in [0.25, 0.3) is 0 Å². The number of hydrogen-bond donors (Lipinski definition) is 1. The van der Waals surface area contributed by atoms with Gasteiger partial charge in [-0.3, -0.25) is 4.79 Å². The number of amides is 1.